The normalized spacial score (nSPS) is 37.9. The average Bonchev–Trinajstić information content (AvgIpc) is 2.83. The highest BCUT2D eigenvalue weighted by Gasteiger charge is 2.65. The van der Waals surface area contributed by atoms with Gasteiger partial charge in [-0.15, -0.1) is 0 Å². The van der Waals surface area contributed by atoms with Gasteiger partial charge in [-0.2, -0.15) is 0 Å². The molecule has 1 saturated carbocycles. The minimum Gasteiger partial charge on any atom is -0.408 e. The summed E-state index contributed by atoms with van der Waals surface area (Å²) in [4.78, 5) is 0.180. The minimum atomic E-state index is -3.82. The van der Waals surface area contributed by atoms with E-state index in [4.69, 9.17) is 32.8 Å². The Morgan fingerprint density at radius 3 is 2.03 bits per heavy atom. The molecule has 208 valence electrons. The van der Waals surface area contributed by atoms with Gasteiger partial charge in [-0.1, -0.05) is 39.0 Å². The van der Waals surface area contributed by atoms with Gasteiger partial charge in [-0.25, -0.2) is 8.42 Å². The molecule has 0 N–H and O–H groups in total. The Morgan fingerprint density at radius 2 is 1.49 bits per heavy atom. The predicted octanol–water partition coefficient (Wildman–Crippen LogP) is 4.00. The molecular weight excluding hydrogens is 516 g/mol. The van der Waals surface area contributed by atoms with Crippen LogP contribution in [0.4, 0.5) is 0 Å². The summed E-state index contributed by atoms with van der Waals surface area (Å²) in [5.41, 5.74) is 0.433. The average molecular weight is 557 g/mol. The molecule has 0 radical (unpaired) electrons. The van der Waals surface area contributed by atoms with Crippen molar-refractivity contribution in [1.82, 2.24) is 0 Å². The van der Waals surface area contributed by atoms with Gasteiger partial charge in [0, 0.05) is 25.2 Å². The van der Waals surface area contributed by atoms with E-state index in [1.54, 1.807) is 44.2 Å². The van der Waals surface area contributed by atoms with E-state index in [0.717, 1.165) is 0 Å². The SMILES string of the molecule is CO[C@@]1(C)O[C@H]2[C@H](O[C@]1(C)OC)[C@@H]1OCO[C@@H](/C1=C/S(=O)(=O)c1ccccc1)[C@H]2O[Si](C)(C)C(C)(C)C. The summed E-state index contributed by atoms with van der Waals surface area (Å²) in [5, 5.41) is 1.12. The van der Waals surface area contributed by atoms with Gasteiger partial charge in [-0.05, 0) is 44.1 Å². The van der Waals surface area contributed by atoms with E-state index < -0.39 is 60.2 Å². The van der Waals surface area contributed by atoms with E-state index in [-0.39, 0.29) is 16.7 Å². The van der Waals surface area contributed by atoms with E-state index in [1.165, 1.54) is 19.6 Å². The Bertz CT molecular complexity index is 1120. The molecule has 1 aromatic rings. The number of rotatable bonds is 6. The van der Waals surface area contributed by atoms with Crippen molar-refractivity contribution in [2.24, 2.45) is 0 Å². The highest BCUT2D eigenvalue weighted by atomic mass is 32.2. The first kappa shape index (κ1) is 28.8. The number of fused-ring (bicyclic) bond motifs is 4. The molecule has 4 rings (SSSR count). The number of benzene rings is 1. The van der Waals surface area contributed by atoms with Crippen LogP contribution in [0.2, 0.25) is 18.1 Å². The van der Waals surface area contributed by atoms with E-state index in [9.17, 15) is 8.42 Å². The summed E-state index contributed by atoms with van der Waals surface area (Å²) in [6.45, 7) is 14.1. The number of ether oxygens (including phenoxy) is 6. The first-order valence-electron chi connectivity index (χ1n) is 12.5. The van der Waals surface area contributed by atoms with Crippen LogP contribution in [-0.4, -0.2) is 79.8 Å². The lowest BCUT2D eigenvalue weighted by molar-refractivity contribution is -0.469. The molecule has 2 saturated heterocycles. The van der Waals surface area contributed by atoms with Crippen LogP contribution in [0.3, 0.4) is 0 Å². The molecule has 7 atom stereocenters. The quantitative estimate of drug-likeness (QED) is 0.482. The van der Waals surface area contributed by atoms with Crippen LogP contribution < -0.4 is 0 Å². The fraction of sp³-hybridized carbons (Fsp3) is 0.692. The smallest absolute Gasteiger partial charge is 0.220 e. The van der Waals surface area contributed by atoms with Crippen molar-refractivity contribution in [3.63, 3.8) is 0 Å². The summed E-state index contributed by atoms with van der Waals surface area (Å²) < 4.78 is 70.5. The Labute approximate surface area is 221 Å². The number of hydrogen-bond donors (Lipinski definition) is 0. The molecular formula is C26H40O9SSi. The number of methoxy groups -OCH3 is 2. The summed E-state index contributed by atoms with van der Waals surface area (Å²) in [6.07, 6.45) is -3.55. The molecule has 3 aliphatic rings. The van der Waals surface area contributed by atoms with Crippen molar-refractivity contribution in [3.05, 3.63) is 41.3 Å². The zero-order valence-corrected chi connectivity index (χ0v) is 25.0. The molecule has 9 nitrogen and oxygen atoms in total. The second kappa shape index (κ2) is 9.79. The molecule has 37 heavy (non-hydrogen) atoms. The van der Waals surface area contributed by atoms with Crippen molar-refractivity contribution in [2.45, 2.75) is 99.7 Å². The van der Waals surface area contributed by atoms with Crippen LogP contribution in [0, 0.1) is 0 Å². The fourth-order valence-corrected chi connectivity index (χ4v) is 7.33. The molecule has 0 amide bonds. The van der Waals surface area contributed by atoms with Crippen molar-refractivity contribution in [3.8, 4) is 0 Å². The highest BCUT2D eigenvalue weighted by Crippen LogP contribution is 2.49. The molecule has 2 bridgehead atoms. The van der Waals surface area contributed by atoms with Crippen LogP contribution in [0.15, 0.2) is 46.2 Å². The van der Waals surface area contributed by atoms with Gasteiger partial charge in [0.05, 0.1) is 4.90 Å². The second-order valence-electron chi connectivity index (χ2n) is 11.6. The van der Waals surface area contributed by atoms with Crippen LogP contribution in [0.25, 0.3) is 0 Å². The molecule has 1 aliphatic carbocycles. The van der Waals surface area contributed by atoms with Gasteiger partial charge in [-0.3, -0.25) is 0 Å². The second-order valence-corrected chi connectivity index (χ2v) is 18.1. The minimum absolute atomic E-state index is 0.0345. The summed E-state index contributed by atoms with van der Waals surface area (Å²) >= 11 is 0. The van der Waals surface area contributed by atoms with E-state index >= 15 is 0 Å². The van der Waals surface area contributed by atoms with Crippen molar-refractivity contribution in [2.75, 3.05) is 21.0 Å². The molecule has 2 heterocycles. The van der Waals surface area contributed by atoms with Crippen molar-refractivity contribution >= 4 is 18.2 Å². The van der Waals surface area contributed by atoms with Crippen molar-refractivity contribution in [1.29, 1.82) is 0 Å². The van der Waals surface area contributed by atoms with Crippen LogP contribution >= 0.6 is 0 Å². The first-order chi connectivity index (χ1) is 17.1. The predicted molar refractivity (Wildman–Crippen MR) is 139 cm³/mol. The zero-order valence-electron chi connectivity index (χ0n) is 23.1. The highest BCUT2D eigenvalue weighted by molar-refractivity contribution is 7.94. The van der Waals surface area contributed by atoms with Crippen LogP contribution in [0.1, 0.15) is 34.6 Å². The number of hydrogen-bond acceptors (Lipinski definition) is 9. The maximum absolute atomic E-state index is 13.4. The topological polar surface area (TPSA) is 98.8 Å². The maximum atomic E-state index is 13.4. The Balaban J connectivity index is 1.85. The summed E-state index contributed by atoms with van der Waals surface area (Å²) in [6, 6.07) is 8.27. The van der Waals surface area contributed by atoms with Gasteiger partial charge in [0.15, 0.2) is 18.2 Å². The van der Waals surface area contributed by atoms with E-state index in [0.29, 0.717) is 5.57 Å². The number of sulfone groups is 1. The molecule has 11 heteroatoms. The zero-order chi connectivity index (χ0) is 27.4. The molecule has 0 unspecified atom stereocenters. The van der Waals surface area contributed by atoms with Gasteiger partial charge < -0.3 is 32.8 Å². The molecule has 0 aromatic heterocycles. The lowest BCUT2D eigenvalue weighted by Gasteiger charge is -2.60. The summed E-state index contributed by atoms with van der Waals surface area (Å²) in [7, 11) is -3.16. The van der Waals surface area contributed by atoms with Crippen LogP contribution in [-0.2, 0) is 42.7 Å². The monoisotopic (exact) mass is 556 g/mol. The third-order valence-corrected chi connectivity index (χ3v) is 14.3. The van der Waals surface area contributed by atoms with Gasteiger partial charge in [0.2, 0.25) is 11.6 Å². The standard InChI is InChI=1S/C26H40O9SSi/c1-24(2,3)37(8,9)35-23-20-18(15-36(27,28)17-13-11-10-12-14-17)19(31-16-32-20)21-22(23)34-26(5,30-7)25(4,29-6)33-21/h10-15,19-23H,16H2,1-9H3/b18-15+/t19-,20+,21-,22+,23-,25+,26+/m1/s1. The fourth-order valence-electron chi connectivity index (χ4n) is 4.74. The van der Waals surface area contributed by atoms with E-state index in [1.807, 2.05) is 0 Å². The van der Waals surface area contributed by atoms with Crippen molar-refractivity contribution < 1.29 is 41.3 Å². The first-order valence-corrected chi connectivity index (χ1v) is 16.9. The van der Waals surface area contributed by atoms with Crippen LogP contribution in [0.5, 0.6) is 0 Å². The molecule has 0 spiro atoms. The molecule has 3 fully saturated rings. The largest absolute Gasteiger partial charge is 0.408 e. The van der Waals surface area contributed by atoms with Gasteiger partial charge in [0.25, 0.3) is 0 Å². The lowest BCUT2D eigenvalue weighted by atomic mass is 9.81. The maximum Gasteiger partial charge on any atom is 0.220 e. The van der Waals surface area contributed by atoms with E-state index in [2.05, 4.69) is 33.9 Å². The Hall–Kier alpha value is -1.15. The third kappa shape index (κ3) is 4.98. The Kier molecular flexibility index (Phi) is 7.63. The third-order valence-electron chi connectivity index (χ3n) is 8.32. The summed E-state index contributed by atoms with van der Waals surface area (Å²) in [5.74, 6) is -2.58. The van der Waals surface area contributed by atoms with Gasteiger partial charge in [0.1, 0.15) is 37.3 Å². The van der Waals surface area contributed by atoms with Gasteiger partial charge >= 0.3 is 0 Å². The molecule has 1 aromatic carbocycles. The lowest BCUT2D eigenvalue weighted by Crippen LogP contribution is -2.75. The molecule has 2 aliphatic heterocycles. The Morgan fingerprint density at radius 1 is 0.946 bits per heavy atom.